The van der Waals surface area contributed by atoms with Gasteiger partial charge in [-0.05, 0) is 25.0 Å². The van der Waals surface area contributed by atoms with Gasteiger partial charge >= 0.3 is 12.0 Å². The lowest BCUT2D eigenvalue weighted by molar-refractivity contribution is -0.153. The molecule has 2 aromatic rings. The maximum Gasteiger partial charge on any atom is 0.326 e. The summed E-state index contributed by atoms with van der Waals surface area (Å²) < 4.78 is 5.22. The molecule has 1 saturated heterocycles. The van der Waals surface area contributed by atoms with Crippen LogP contribution in [0.3, 0.4) is 0 Å². The van der Waals surface area contributed by atoms with Crippen LogP contribution >= 0.6 is 0 Å². The molecule has 31 heavy (non-hydrogen) atoms. The summed E-state index contributed by atoms with van der Waals surface area (Å²) in [4.78, 5) is 50.6. The number of nitrogens with one attached hydrogen (secondary N) is 1. The second-order valence-electron chi connectivity index (χ2n) is 7.32. The number of nitrogens with zero attached hydrogens (tertiary/aromatic N) is 2. The van der Waals surface area contributed by atoms with Crippen LogP contribution < -0.4 is 5.32 Å². The van der Waals surface area contributed by atoms with E-state index >= 15 is 0 Å². The van der Waals surface area contributed by atoms with E-state index in [9.17, 15) is 19.2 Å². The number of amides is 4. The first-order chi connectivity index (χ1) is 14.9. The van der Waals surface area contributed by atoms with Gasteiger partial charge in [0.2, 0.25) is 5.91 Å². The molecule has 1 atom stereocenters. The molecule has 0 radical (unpaired) electrons. The van der Waals surface area contributed by atoms with Gasteiger partial charge in [0.25, 0.3) is 5.91 Å². The fraction of sp³-hybridized carbons (Fsp3) is 0.304. The number of ether oxygens (including phenoxy) is 1. The highest BCUT2D eigenvalue weighted by atomic mass is 16.5. The number of urea groups is 1. The molecule has 1 fully saturated rings. The van der Waals surface area contributed by atoms with Gasteiger partial charge in [0.15, 0.2) is 6.10 Å². The van der Waals surface area contributed by atoms with E-state index in [0.29, 0.717) is 5.69 Å². The molecule has 8 heteroatoms. The van der Waals surface area contributed by atoms with E-state index in [1.54, 1.807) is 13.1 Å². The number of rotatable bonds is 8. The fourth-order valence-corrected chi connectivity index (χ4v) is 3.28. The number of hydrogen-bond acceptors (Lipinski definition) is 5. The Balaban J connectivity index is 1.50. The minimum Gasteiger partial charge on any atom is -0.453 e. The lowest BCUT2D eigenvalue weighted by Crippen LogP contribution is -2.33. The first-order valence-electron chi connectivity index (χ1n) is 10.1. The van der Waals surface area contributed by atoms with Crippen LogP contribution in [0.5, 0.6) is 0 Å². The minimum atomic E-state index is -0.988. The van der Waals surface area contributed by atoms with Crippen molar-refractivity contribution in [1.29, 1.82) is 0 Å². The molecule has 1 aliphatic rings. The average Bonchev–Trinajstić information content (AvgIpc) is 3.00. The van der Waals surface area contributed by atoms with Crippen LogP contribution in [0.15, 0.2) is 54.6 Å². The number of anilines is 1. The summed E-state index contributed by atoms with van der Waals surface area (Å²) >= 11 is 0. The zero-order valence-electron chi connectivity index (χ0n) is 17.5. The molecule has 162 valence electrons. The van der Waals surface area contributed by atoms with Crippen LogP contribution in [0.4, 0.5) is 10.5 Å². The van der Waals surface area contributed by atoms with E-state index in [4.69, 9.17) is 4.74 Å². The minimum absolute atomic E-state index is 0.000995. The lowest BCUT2D eigenvalue weighted by Gasteiger charge is -2.16. The van der Waals surface area contributed by atoms with Gasteiger partial charge in [-0.1, -0.05) is 48.5 Å². The third kappa shape index (κ3) is 5.48. The molecule has 0 aromatic heterocycles. The summed E-state index contributed by atoms with van der Waals surface area (Å²) in [5.74, 6) is -1.29. The van der Waals surface area contributed by atoms with Gasteiger partial charge in [-0.2, -0.15) is 0 Å². The molecule has 0 saturated carbocycles. The number of benzene rings is 2. The fourth-order valence-electron chi connectivity index (χ4n) is 3.28. The van der Waals surface area contributed by atoms with E-state index in [1.807, 2.05) is 48.5 Å². The summed E-state index contributed by atoms with van der Waals surface area (Å²) in [5, 5.41) is 2.81. The molecule has 1 heterocycles. The number of likely N-dealkylation sites (N-methyl/N-ethyl adjacent to an activating group) is 1. The van der Waals surface area contributed by atoms with Gasteiger partial charge < -0.3 is 15.0 Å². The molecule has 1 aliphatic heterocycles. The summed E-state index contributed by atoms with van der Waals surface area (Å²) in [5.41, 5.74) is 2.44. The van der Waals surface area contributed by atoms with Crippen molar-refractivity contribution in [3.05, 3.63) is 54.6 Å². The Morgan fingerprint density at radius 2 is 1.74 bits per heavy atom. The molecule has 0 aliphatic carbocycles. The van der Waals surface area contributed by atoms with E-state index in [0.717, 1.165) is 16.0 Å². The Morgan fingerprint density at radius 3 is 2.42 bits per heavy atom. The van der Waals surface area contributed by atoms with Crippen molar-refractivity contribution in [2.75, 3.05) is 25.5 Å². The summed E-state index contributed by atoms with van der Waals surface area (Å²) in [7, 11) is 1.55. The molecular formula is C23H25N3O5. The zero-order chi connectivity index (χ0) is 22.4. The van der Waals surface area contributed by atoms with E-state index in [1.165, 1.54) is 11.8 Å². The Morgan fingerprint density at radius 1 is 1.06 bits per heavy atom. The normalized spacial score (nSPS) is 14.5. The predicted molar refractivity (Wildman–Crippen MR) is 115 cm³/mol. The number of carbonyl (C=O) groups excluding carboxylic acids is 4. The average molecular weight is 423 g/mol. The summed E-state index contributed by atoms with van der Waals surface area (Å²) in [6.45, 7) is 1.69. The molecule has 3 rings (SSSR count). The van der Waals surface area contributed by atoms with Gasteiger partial charge in [-0.3, -0.25) is 19.3 Å². The smallest absolute Gasteiger partial charge is 0.326 e. The monoisotopic (exact) mass is 423 g/mol. The van der Waals surface area contributed by atoms with Crippen molar-refractivity contribution in [3.63, 3.8) is 0 Å². The number of carbonyl (C=O) groups is 4. The van der Waals surface area contributed by atoms with Gasteiger partial charge in [-0.15, -0.1) is 0 Å². The number of imide groups is 1. The molecule has 2 aromatic carbocycles. The molecule has 0 spiro atoms. The lowest BCUT2D eigenvalue weighted by atomic mass is 10.0. The summed E-state index contributed by atoms with van der Waals surface area (Å²) in [6.07, 6.45) is -0.716. The SMILES string of the molecule is C[C@@H](OC(=O)CCCN1C(=O)CN(C)C1=O)C(=O)Nc1ccccc1-c1ccccc1. The maximum atomic E-state index is 12.5. The van der Waals surface area contributed by atoms with Crippen molar-refractivity contribution in [2.45, 2.75) is 25.9 Å². The van der Waals surface area contributed by atoms with Crippen molar-refractivity contribution < 1.29 is 23.9 Å². The number of hydrogen-bond donors (Lipinski definition) is 1. The van der Waals surface area contributed by atoms with Crippen molar-refractivity contribution in [2.24, 2.45) is 0 Å². The highest BCUT2D eigenvalue weighted by Gasteiger charge is 2.33. The van der Waals surface area contributed by atoms with Crippen LogP contribution in [0.25, 0.3) is 11.1 Å². The maximum absolute atomic E-state index is 12.5. The van der Waals surface area contributed by atoms with E-state index < -0.39 is 18.0 Å². The van der Waals surface area contributed by atoms with E-state index in [-0.39, 0.29) is 37.9 Å². The molecule has 0 unspecified atom stereocenters. The molecule has 0 bridgehead atoms. The van der Waals surface area contributed by atoms with Gasteiger partial charge in [0.1, 0.15) is 6.54 Å². The van der Waals surface area contributed by atoms with Gasteiger partial charge in [-0.25, -0.2) is 4.79 Å². The van der Waals surface area contributed by atoms with Crippen molar-refractivity contribution in [1.82, 2.24) is 9.80 Å². The van der Waals surface area contributed by atoms with Crippen molar-refractivity contribution in [3.8, 4) is 11.1 Å². The van der Waals surface area contributed by atoms with Crippen LogP contribution in [0.1, 0.15) is 19.8 Å². The number of para-hydroxylation sites is 1. The second kappa shape index (κ2) is 9.88. The van der Waals surface area contributed by atoms with Crippen LogP contribution in [0, 0.1) is 0 Å². The van der Waals surface area contributed by atoms with E-state index in [2.05, 4.69) is 5.32 Å². The molecule has 1 N–H and O–H groups in total. The first-order valence-corrected chi connectivity index (χ1v) is 10.1. The Kier molecular flexibility index (Phi) is 7.02. The first kappa shape index (κ1) is 22.0. The quantitative estimate of drug-likeness (QED) is 0.520. The van der Waals surface area contributed by atoms with Gasteiger partial charge in [0.05, 0.1) is 0 Å². The highest BCUT2D eigenvalue weighted by Crippen LogP contribution is 2.27. The molecule has 4 amide bonds. The zero-order valence-corrected chi connectivity index (χ0v) is 17.5. The highest BCUT2D eigenvalue weighted by molar-refractivity contribution is 6.02. The largest absolute Gasteiger partial charge is 0.453 e. The number of esters is 1. The summed E-state index contributed by atoms with van der Waals surface area (Å²) in [6, 6.07) is 16.7. The Hall–Kier alpha value is -3.68. The Bertz CT molecular complexity index is 976. The van der Waals surface area contributed by atoms with Crippen LogP contribution in [-0.2, 0) is 19.1 Å². The molecule has 8 nitrogen and oxygen atoms in total. The van der Waals surface area contributed by atoms with Gasteiger partial charge in [0, 0.05) is 31.3 Å². The topological polar surface area (TPSA) is 96.0 Å². The molecular weight excluding hydrogens is 398 g/mol. The third-order valence-electron chi connectivity index (χ3n) is 4.94. The predicted octanol–water partition coefficient (Wildman–Crippen LogP) is 2.90. The van der Waals surface area contributed by atoms with Crippen LogP contribution in [0.2, 0.25) is 0 Å². The Labute approximate surface area is 180 Å². The third-order valence-corrected chi connectivity index (χ3v) is 4.94. The van der Waals surface area contributed by atoms with Crippen LogP contribution in [-0.4, -0.2) is 59.9 Å². The standard InChI is InChI=1S/C23H25N3O5/c1-16(31-21(28)13-8-14-26-20(27)15-25(2)23(26)30)22(29)24-19-12-7-6-11-18(19)17-9-4-3-5-10-17/h3-7,9-12,16H,8,13-15H2,1-2H3,(H,24,29)/t16-/m1/s1. The second-order valence-corrected chi connectivity index (χ2v) is 7.32. The van der Waals surface area contributed by atoms with Crippen molar-refractivity contribution >= 4 is 29.5 Å².